The summed E-state index contributed by atoms with van der Waals surface area (Å²) < 4.78 is 0. The monoisotopic (exact) mass is 223 g/mol. The first-order valence-corrected chi connectivity index (χ1v) is 5.14. The predicted molar refractivity (Wildman–Crippen MR) is 62.5 cm³/mol. The molecular weight excluding hydrogens is 206 g/mol. The van der Waals surface area contributed by atoms with Crippen LogP contribution in [0.25, 0.3) is 0 Å². The van der Waals surface area contributed by atoms with E-state index in [4.69, 9.17) is 5.11 Å². The Morgan fingerprint density at radius 1 is 1.50 bits per heavy atom. The Balaban J connectivity index is 2.54. The molecule has 0 bridgehead atoms. The van der Waals surface area contributed by atoms with Crippen LogP contribution in [0, 0.1) is 6.92 Å². The summed E-state index contributed by atoms with van der Waals surface area (Å²) in [7, 11) is 0. The number of anilines is 1. The van der Waals surface area contributed by atoms with E-state index in [1.165, 1.54) is 6.92 Å². The summed E-state index contributed by atoms with van der Waals surface area (Å²) in [5, 5.41) is 21.4. The third kappa shape index (κ3) is 4.31. The standard InChI is InChI=1S/C12H17NO3/c1-9-4-3-5-10(6-9)13-8-12(2,16)7-11(14)15/h3-6,13,16H,7-8H2,1-2H3,(H,14,15). The maximum Gasteiger partial charge on any atom is 0.306 e. The topological polar surface area (TPSA) is 69.6 Å². The average molecular weight is 223 g/mol. The van der Waals surface area contributed by atoms with Crippen LogP contribution in [0.5, 0.6) is 0 Å². The highest BCUT2D eigenvalue weighted by Gasteiger charge is 2.23. The number of hydrogen-bond donors (Lipinski definition) is 3. The fraction of sp³-hybridized carbons (Fsp3) is 0.417. The number of carboxylic acids is 1. The number of benzene rings is 1. The van der Waals surface area contributed by atoms with Crippen LogP contribution in [0.2, 0.25) is 0 Å². The molecule has 0 saturated carbocycles. The minimum absolute atomic E-state index is 0.211. The molecule has 3 N–H and O–H groups in total. The van der Waals surface area contributed by atoms with E-state index in [0.717, 1.165) is 11.3 Å². The molecule has 1 aromatic carbocycles. The Bertz CT molecular complexity index is 374. The Hall–Kier alpha value is -1.55. The van der Waals surface area contributed by atoms with Crippen molar-refractivity contribution in [2.24, 2.45) is 0 Å². The lowest BCUT2D eigenvalue weighted by Gasteiger charge is -2.22. The van der Waals surface area contributed by atoms with Crippen molar-refractivity contribution in [1.29, 1.82) is 0 Å². The Morgan fingerprint density at radius 2 is 2.19 bits per heavy atom. The first-order chi connectivity index (χ1) is 7.39. The molecule has 0 fully saturated rings. The molecule has 16 heavy (non-hydrogen) atoms. The molecule has 0 aliphatic carbocycles. The van der Waals surface area contributed by atoms with Gasteiger partial charge in [0, 0.05) is 12.2 Å². The second kappa shape index (κ2) is 4.99. The number of aliphatic carboxylic acids is 1. The number of hydrogen-bond acceptors (Lipinski definition) is 3. The van der Waals surface area contributed by atoms with Gasteiger partial charge in [-0.15, -0.1) is 0 Å². The van der Waals surface area contributed by atoms with Crippen molar-refractivity contribution in [2.45, 2.75) is 25.9 Å². The van der Waals surface area contributed by atoms with Gasteiger partial charge in [0.05, 0.1) is 12.0 Å². The summed E-state index contributed by atoms with van der Waals surface area (Å²) in [4.78, 5) is 10.5. The van der Waals surface area contributed by atoms with Gasteiger partial charge in [-0.05, 0) is 31.5 Å². The first-order valence-electron chi connectivity index (χ1n) is 5.14. The number of carboxylic acid groups (broad SMARTS) is 1. The molecule has 1 unspecified atom stereocenters. The summed E-state index contributed by atoms with van der Waals surface area (Å²) >= 11 is 0. The summed E-state index contributed by atoms with van der Waals surface area (Å²) in [5.74, 6) is -1.00. The summed E-state index contributed by atoms with van der Waals surface area (Å²) in [6.07, 6.45) is -0.272. The van der Waals surface area contributed by atoms with Crippen molar-refractivity contribution in [3.05, 3.63) is 29.8 Å². The van der Waals surface area contributed by atoms with E-state index >= 15 is 0 Å². The summed E-state index contributed by atoms with van der Waals surface area (Å²) in [6, 6.07) is 7.70. The zero-order valence-electron chi connectivity index (χ0n) is 9.53. The van der Waals surface area contributed by atoms with Crippen LogP contribution >= 0.6 is 0 Å². The van der Waals surface area contributed by atoms with Gasteiger partial charge >= 0.3 is 5.97 Å². The van der Waals surface area contributed by atoms with Crippen molar-refractivity contribution in [2.75, 3.05) is 11.9 Å². The molecule has 0 saturated heterocycles. The van der Waals surface area contributed by atoms with E-state index in [9.17, 15) is 9.90 Å². The van der Waals surface area contributed by atoms with Gasteiger partial charge in [-0.25, -0.2) is 0 Å². The molecule has 0 aliphatic heterocycles. The quantitative estimate of drug-likeness (QED) is 0.709. The smallest absolute Gasteiger partial charge is 0.306 e. The number of aliphatic hydroxyl groups is 1. The minimum atomic E-state index is -1.24. The molecule has 0 spiro atoms. The van der Waals surface area contributed by atoms with Gasteiger partial charge in [-0.2, -0.15) is 0 Å². The van der Waals surface area contributed by atoms with Gasteiger partial charge in [-0.3, -0.25) is 4.79 Å². The molecule has 0 aromatic heterocycles. The average Bonchev–Trinajstić information content (AvgIpc) is 2.13. The Labute approximate surface area is 94.9 Å². The minimum Gasteiger partial charge on any atom is -0.481 e. The van der Waals surface area contributed by atoms with Crippen LogP contribution in [0.4, 0.5) is 5.69 Å². The first kappa shape index (κ1) is 12.5. The molecule has 0 radical (unpaired) electrons. The van der Waals surface area contributed by atoms with E-state index in [1.54, 1.807) is 0 Å². The third-order valence-corrected chi connectivity index (χ3v) is 2.22. The SMILES string of the molecule is Cc1cccc(NCC(C)(O)CC(=O)O)c1. The van der Waals surface area contributed by atoms with Crippen molar-refractivity contribution < 1.29 is 15.0 Å². The lowest BCUT2D eigenvalue weighted by atomic mass is 10.0. The van der Waals surface area contributed by atoms with Gasteiger partial charge in [0.25, 0.3) is 0 Å². The number of nitrogens with one attached hydrogen (secondary N) is 1. The van der Waals surface area contributed by atoms with E-state index < -0.39 is 11.6 Å². The predicted octanol–water partition coefficient (Wildman–Crippen LogP) is 1.63. The van der Waals surface area contributed by atoms with Gasteiger partial charge in [0.1, 0.15) is 0 Å². The van der Waals surface area contributed by atoms with Crippen LogP contribution in [-0.4, -0.2) is 28.3 Å². The maximum atomic E-state index is 10.5. The maximum absolute atomic E-state index is 10.5. The number of rotatable bonds is 5. The van der Waals surface area contributed by atoms with E-state index in [2.05, 4.69) is 5.32 Å². The van der Waals surface area contributed by atoms with E-state index in [-0.39, 0.29) is 13.0 Å². The van der Waals surface area contributed by atoms with Gasteiger partial charge in [0.2, 0.25) is 0 Å². The van der Waals surface area contributed by atoms with Crippen molar-refractivity contribution >= 4 is 11.7 Å². The van der Waals surface area contributed by atoms with Crippen LogP contribution < -0.4 is 5.32 Å². The highest BCUT2D eigenvalue weighted by molar-refractivity contribution is 5.68. The van der Waals surface area contributed by atoms with Crippen molar-refractivity contribution in [1.82, 2.24) is 0 Å². The van der Waals surface area contributed by atoms with E-state index in [1.807, 2.05) is 31.2 Å². The number of carbonyl (C=O) groups is 1. The van der Waals surface area contributed by atoms with Crippen LogP contribution in [0.15, 0.2) is 24.3 Å². The van der Waals surface area contributed by atoms with Gasteiger partial charge in [0.15, 0.2) is 0 Å². The fourth-order valence-corrected chi connectivity index (χ4v) is 1.44. The van der Waals surface area contributed by atoms with Crippen LogP contribution in [0.3, 0.4) is 0 Å². The fourth-order valence-electron chi connectivity index (χ4n) is 1.44. The van der Waals surface area contributed by atoms with Crippen molar-refractivity contribution in [3.8, 4) is 0 Å². The molecule has 1 rings (SSSR count). The highest BCUT2D eigenvalue weighted by Crippen LogP contribution is 2.14. The normalized spacial score (nSPS) is 14.2. The zero-order valence-corrected chi connectivity index (χ0v) is 9.53. The summed E-state index contributed by atoms with van der Waals surface area (Å²) in [6.45, 7) is 3.69. The van der Waals surface area contributed by atoms with Crippen molar-refractivity contribution in [3.63, 3.8) is 0 Å². The molecule has 0 amide bonds. The van der Waals surface area contributed by atoms with Crippen LogP contribution in [0.1, 0.15) is 18.9 Å². The summed E-state index contributed by atoms with van der Waals surface area (Å²) in [5.41, 5.74) is 0.754. The lowest BCUT2D eigenvalue weighted by Crippen LogP contribution is -2.35. The second-order valence-electron chi connectivity index (χ2n) is 4.29. The third-order valence-electron chi connectivity index (χ3n) is 2.22. The molecule has 0 aliphatic rings. The zero-order chi connectivity index (χ0) is 12.2. The molecule has 1 aromatic rings. The Morgan fingerprint density at radius 3 is 2.75 bits per heavy atom. The largest absolute Gasteiger partial charge is 0.481 e. The Kier molecular flexibility index (Phi) is 3.90. The van der Waals surface area contributed by atoms with Crippen LogP contribution in [-0.2, 0) is 4.79 Å². The van der Waals surface area contributed by atoms with E-state index in [0.29, 0.717) is 0 Å². The lowest BCUT2D eigenvalue weighted by molar-refractivity contribution is -0.141. The second-order valence-corrected chi connectivity index (χ2v) is 4.29. The van der Waals surface area contributed by atoms with Gasteiger partial charge < -0.3 is 15.5 Å². The molecular formula is C12H17NO3. The molecule has 88 valence electrons. The van der Waals surface area contributed by atoms with Gasteiger partial charge in [-0.1, -0.05) is 12.1 Å². The molecule has 4 nitrogen and oxygen atoms in total. The number of aryl methyl sites for hydroxylation is 1. The molecule has 1 atom stereocenters. The highest BCUT2D eigenvalue weighted by atomic mass is 16.4. The molecule has 4 heteroatoms. The molecule has 0 heterocycles.